The van der Waals surface area contributed by atoms with Gasteiger partial charge in [-0.3, -0.25) is 0 Å². The van der Waals surface area contributed by atoms with E-state index in [-0.39, 0.29) is 6.61 Å². The smallest absolute Gasteiger partial charge is 0.120 e. The van der Waals surface area contributed by atoms with E-state index in [0.29, 0.717) is 11.6 Å². The number of thioether (sulfide) groups is 1. The minimum atomic E-state index is 0.224. The van der Waals surface area contributed by atoms with Crippen molar-refractivity contribution in [2.45, 2.75) is 0 Å². The molecule has 1 N–H and O–H groups in total. The van der Waals surface area contributed by atoms with Gasteiger partial charge in [0.15, 0.2) is 0 Å². The van der Waals surface area contributed by atoms with E-state index in [1.54, 1.807) is 17.8 Å². The van der Waals surface area contributed by atoms with Gasteiger partial charge in [0, 0.05) is 16.5 Å². The van der Waals surface area contributed by atoms with Crippen LogP contribution in [0.1, 0.15) is 0 Å². The van der Waals surface area contributed by atoms with E-state index in [9.17, 15) is 0 Å². The van der Waals surface area contributed by atoms with E-state index in [1.165, 1.54) is 0 Å². The van der Waals surface area contributed by atoms with Gasteiger partial charge < -0.3 is 9.84 Å². The Morgan fingerprint density at radius 2 is 2.21 bits per heavy atom. The lowest BCUT2D eigenvalue weighted by Gasteiger charge is -2.05. The Morgan fingerprint density at radius 3 is 2.93 bits per heavy atom. The minimum Gasteiger partial charge on any atom is -0.493 e. The van der Waals surface area contributed by atoms with Crippen molar-refractivity contribution in [3.8, 4) is 5.75 Å². The van der Waals surface area contributed by atoms with Gasteiger partial charge in [-0.05, 0) is 18.2 Å². The summed E-state index contributed by atoms with van der Waals surface area (Å²) < 4.78 is 5.45. The molecule has 0 spiro atoms. The number of hydrogen-bond acceptors (Lipinski definition) is 3. The van der Waals surface area contributed by atoms with Gasteiger partial charge >= 0.3 is 0 Å². The molecule has 0 radical (unpaired) electrons. The van der Waals surface area contributed by atoms with E-state index in [0.717, 1.165) is 17.3 Å². The molecule has 0 aliphatic heterocycles. The third kappa shape index (κ3) is 4.74. The van der Waals surface area contributed by atoms with Gasteiger partial charge in [-0.25, -0.2) is 0 Å². The Morgan fingerprint density at radius 1 is 1.36 bits per heavy atom. The molecule has 0 amide bonds. The summed E-state index contributed by atoms with van der Waals surface area (Å²) in [6.45, 7) is 0.868. The molecule has 1 aromatic rings. The average molecular weight is 233 g/mol. The summed E-state index contributed by atoms with van der Waals surface area (Å²) in [5, 5.41) is 9.23. The molecule has 0 fully saturated rings. The van der Waals surface area contributed by atoms with Crippen LogP contribution in [-0.2, 0) is 0 Å². The lowest BCUT2D eigenvalue weighted by molar-refractivity contribution is 0.321. The second kappa shape index (κ2) is 6.98. The van der Waals surface area contributed by atoms with Gasteiger partial charge in [-0.1, -0.05) is 17.7 Å². The first-order valence-electron chi connectivity index (χ1n) is 4.40. The highest BCUT2D eigenvalue weighted by molar-refractivity contribution is 7.99. The SMILES string of the molecule is OCCSCCOc1cccc(Cl)c1. The number of aliphatic hydroxyl groups is 1. The van der Waals surface area contributed by atoms with Gasteiger partial charge in [0.2, 0.25) is 0 Å². The number of halogens is 1. The summed E-state index contributed by atoms with van der Waals surface area (Å²) in [5.41, 5.74) is 0. The molecule has 0 heterocycles. The second-order valence-electron chi connectivity index (χ2n) is 2.64. The normalized spacial score (nSPS) is 10.1. The summed E-state index contributed by atoms with van der Waals surface area (Å²) in [5.74, 6) is 2.44. The highest BCUT2D eigenvalue weighted by Gasteiger charge is 1.94. The molecule has 0 saturated heterocycles. The largest absolute Gasteiger partial charge is 0.493 e. The quantitative estimate of drug-likeness (QED) is 0.764. The van der Waals surface area contributed by atoms with Crippen molar-refractivity contribution in [2.24, 2.45) is 0 Å². The van der Waals surface area contributed by atoms with Crippen LogP contribution in [0.25, 0.3) is 0 Å². The van der Waals surface area contributed by atoms with Gasteiger partial charge in [0.05, 0.1) is 13.2 Å². The zero-order chi connectivity index (χ0) is 10.2. The molecule has 14 heavy (non-hydrogen) atoms. The Labute approximate surface area is 93.2 Å². The predicted molar refractivity (Wildman–Crippen MR) is 61.4 cm³/mol. The Bertz CT molecular complexity index is 268. The standard InChI is InChI=1S/C10H13ClO2S/c11-9-2-1-3-10(8-9)13-5-7-14-6-4-12/h1-3,8,12H,4-7H2. The third-order valence-corrected chi connectivity index (χ3v) is 2.69. The second-order valence-corrected chi connectivity index (χ2v) is 4.30. The fourth-order valence-electron chi connectivity index (χ4n) is 0.942. The average Bonchev–Trinajstić information content (AvgIpc) is 2.18. The monoisotopic (exact) mass is 232 g/mol. The molecule has 1 aromatic carbocycles. The summed E-state index contributed by atoms with van der Waals surface area (Å²) in [6.07, 6.45) is 0. The fourth-order valence-corrected chi connectivity index (χ4v) is 1.66. The zero-order valence-electron chi connectivity index (χ0n) is 7.78. The van der Waals surface area contributed by atoms with E-state index < -0.39 is 0 Å². The molecule has 4 heteroatoms. The molecule has 0 saturated carbocycles. The topological polar surface area (TPSA) is 29.5 Å². The number of aliphatic hydroxyl groups excluding tert-OH is 1. The summed E-state index contributed by atoms with van der Waals surface area (Å²) in [4.78, 5) is 0. The van der Waals surface area contributed by atoms with Crippen molar-refractivity contribution >= 4 is 23.4 Å². The van der Waals surface area contributed by atoms with Crippen molar-refractivity contribution in [1.82, 2.24) is 0 Å². The Balaban J connectivity index is 2.18. The first kappa shape index (κ1) is 11.7. The van der Waals surface area contributed by atoms with Crippen LogP contribution in [-0.4, -0.2) is 29.8 Å². The molecule has 0 aromatic heterocycles. The molecule has 0 bridgehead atoms. The van der Waals surface area contributed by atoms with E-state index in [2.05, 4.69) is 0 Å². The van der Waals surface area contributed by atoms with Crippen molar-refractivity contribution in [2.75, 3.05) is 24.7 Å². The summed E-state index contributed by atoms with van der Waals surface area (Å²) >= 11 is 7.46. The van der Waals surface area contributed by atoms with Crippen molar-refractivity contribution in [1.29, 1.82) is 0 Å². The molecular weight excluding hydrogens is 220 g/mol. The van der Waals surface area contributed by atoms with Crippen LogP contribution in [0.4, 0.5) is 0 Å². The van der Waals surface area contributed by atoms with E-state index >= 15 is 0 Å². The highest BCUT2D eigenvalue weighted by Crippen LogP contribution is 2.17. The molecule has 2 nitrogen and oxygen atoms in total. The minimum absolute atomic E-state index is 0.224. The van der Waals surface area contributed by atoms with Gasteiger partial charge in [-0.2, -0.15) is 11.8 Å². The van der Waals surface area contributed by atoms with Crippen LogP contribution in [0.15, 0.2) is 24.3 Å². The number of benzene rings is 1. The zero-order valence-corrected chi connectivity index (χ0v) is 9.35. The molecule has 0 aliphatic carbocycles. The van der Waals surface area contributed by atoms with Crippen molar-refractivity contribution < 1.29 is 9.84 Å². The third-order valence-electron chi connectivity index (χ3n) is 1.53. The van der Waals surface area contributed by atoms with Crippen LogP contribution in [0.5, 0.6) is 5.75 Å². The van der Waals surface area contributed by atoms with Crippen LogP contribution in [0.3, 0.4) is 0 Å². The lowest BCUT2D eigenvalue weighted by atomic mass is 10.3. The molecule has 78 valence electrons. The molecule has 0 unspecified atom stereocenters. The predicted octanol–water partition coefficient (Wildman–Crippen LogP) is 2.44. The summed E-state index contributed by atoms with van der Waals surface area (Å²) in [7, 11) is 0. The van der Waals surface area contributed by atoms with Crippen LogP contribution >= 0.6 is 23.4 Å². The molecule has 0 aliphatic rings. The van der Waals surface area contributed by atoms with E-state index in [1.807, 2.05) is 18.2 Å². The summed E-state index contributed by atoms with van der Waals surface area (Å²) in [6, 6.07) is 7.34. The Hall–Kier alpha value is -0.380. The maximum atomic E-state index is 8.54. The maximum Gasteiger partial charge on any atom is 0.120 e. The molecule has 0 atom stereocenters. The van der Waals surface area contributed by atoms with Crippen LogP contribution in [0, 0.1) is 0 Å². The first-order valence-corrected chi connectivity index (χ1v) is 5.93. The van der Waals surface area contributed by atoms with Gasteiger partial charge in [0.1, 0.15) is 5.75 Å². The number of rotatable bonds is 6. The van der Waals surface area contributed by atoms with Crippen LogP contribution < -0.4 is 4.74 Å². The van der Waals surface area contributed by atoms with E-state index in [4.69, 9.17) is 21.4 Å². The number of ether oxygens (including phenoxy) is 1. The van der Waals surface area contributed by atoms with Gasteiger partial charge in [0.25, 0.3) is 0 Å². The lowest BCUT2D eigenvalue weighted by Crippen LogP contribution is -2.01. The van der Waals surface area contributed by atoms with Crippen LogP contribution in [0.2, 0.25) is 5.02 Å². The fraction of sp³-hybridized carbons (Fsp3) is 0.400. The molecule has 1 rings (SSSR count). The first-order chi connectivity index (χ1) is 6.83. The van der Waals surface area contributed by atoms with Crippen molar-refractivity contribution in [3.05, 3.63) is 29.3 Å². The molecular formula is C10H13ClO2S. The van der Waals surface area contributed by atoms with Crippen molar-refractivity contribution in [3.63, 3.8) is 0 Å². The number of hydrogen-bond donors (Lipinski definition) is 1. The maximum absolute atomic E-state index is 8.54. The highest BCUT2D eigenvalue weighted by atomic mass is 35.5. The Kier molecular flexibility index (Phi) is 5.83. The van der Waals surface area contributed by atoms with Gasteiger partial charge in [-0.15, -0.1) is 0 Å².